The first-order valence-corrected chi connectivity index (χ1v) is 7.31. The fraction of sp³-hybridized carbons (Fsp3) is 0.429. The van der Waals surface area contributed by atoms with E-state index in [1.165, 1.54) is 6.42 Å². The van der Waals surface area contributed by atoms with Crippen molar-refractivity contribution in [3.8, 4) is 0 Å². The van der Waals surface area contributed by atoms with E-state index in [1.807, 2.05) is 24.3 Å². The van der Waals surface area contributed by atoms with Crippen molar-refractivity contribution in [3.63, 3.8) is 0 Å². The van der Waals surface area contributed by atoms with E-state index >= 15 is 0 Å². The number of rotatable bonds is 3. The molecular weight excluding hydrogens is 308 g/mol. The van der Waals surface area contributed by atoms with Gasteiger partial charge in [0.15, 0.2) is 0 Å². The lowest BCUT2D eigenvalue weighted by atomic mass is 9.89. The Morgan fingerprint density at radius 1 is 1.21 bits per heavy atom. The average Bonchev–Trinajstić information content (AvgIpc) is 2.46. The first-order valence-electron chi connectivity index (χ1n) is 6.52. The van der Waals surface area contributed by atoms with E-state index in [0.717, 1.165) is 35.7 Å². The van der Waals surface area contributed by atoms with Gasteiger partial charge in [-0.1, -0.05) is 40.3 Å². The molecule has 1 saturated carbocycles. The molecule has 1 aromatic carbocycles. The third-order valence-corrected chi connectivity index (χ3v) is 3.88. The molecule has 1 fully saturated rings. The summed E-state index contributed by atoms with van der Waals surface area (Å²) in [6.45, 7) is 0. The Balaban J connectivity index is 1.93. The van der Waals surface area contributed by atoms with Gasteiger partial charge in [-0.15, -0.1) is 0 Å². The van der Waals surface area contributed by atoms with Gasteiger partial charge in [0, 0.05) is 4.47 Å². The predicted molar refractivity (Wildman–Crippen MR) is 76.1 cm³/mol. The summed E-state index contributed by atoms with van der Waals surface area (Å²) in [4.78, 5) is 16.9. The second-order valence-electron chi connectivity index (χ2n) is 4.78. The maximum atomic E-state index is 11.8. The maximum Gasteiger partial charge on any atom is 0.360 e. The summed E-state index contributed by atoms with van der Waals surface area (Å²) in [6, 6.07) is 7.46. The molecule has 1 aromatic rings. The molecule has 19 heavy (non-hydrogen) atoms. The highest BCUT2D eigenvalue weighted by molar-refractivity contribution is 9.10. The molecule has 5 heteroatoms. The van der Waals surface area contributed by atoms with E-state index in [-0.39, 0.29) is 11.9 Å². The Morgan fingerprint density at radius 2 is 1.84 bits per heavy atom. The van der Waals surface area contributed by atoms with Gasteiger partial charge >= 0.3 is 11.8 Å². The molecule has 102 valence electrons. The number of amidine groups is 1. The van der Waals surface area contributed by atoms with Crippen LogP contribution in [0.15, 0.2) is 28.7 Å². The number of halogens is 1. The second-order valence-corrected chi connectivity index (χ2v) is 5.69. The number of carbonyl (C=O) groups is 1. The first kappa shape index (κ1) is 14.1. The summed E-state index contributed by atoms with van der Waals surface area (Å²) in [5.41, 5.74) is 6.63. The number of nitrogen functional groups attached to an aromatic ring is 1. The SMILES string of the molecule is NC(=[NH+]OC(=O)C1CCCCC1)c1ccc(Br)cc1. The number of nitrogens with one attached hydrogen (secondary N) is 1. The summed E-state index contributed by atoms with van der Waals surface area (Å²) in [5, 5.41) is 2.55. The number of carbonyl (C=O) groups excluding carboxylic acids is 1. The fourth-order valence-corrected chi connectivity index (χ4v) is 2.48. The van der Waals surface area contributed by atoms with Crippen LogP contribution in [0.2, 0.25) is 0 Å². The highest BCUT2D eigenvalue weighted by Gasteiger charge is 2.23. The topological polar surface area (TPSA) is 66.3 Å². The van der Waals surface area contributed by atoms with Crippen LogP contribution in [-0.4, -0.2) is 11.8 Å². The minimum absolute atomic E-state index is 0.0129. The third kappa shape index (κ3) is 4.06. The third-order valence-electron chi connectivity index (χ3n) is 3.36. The van der Waals surface area contributed by atoms with Gasteiger partial charge in [-0.05, 0) is 37.1 Å². The van der Waals surface area contributed by atoms with Crippen molar-refractivity contribution in [2.75, 3.05) is 0 Å². The Hall–Kier alpha value is -1.36. The van der Waals surface area contributed by atoms with Crippen molar-refractivity contribution in [1.29, 1.82) is 0 Å². The standard InChI is InChI=1S/C14H17BrN2O2/c15-12-8-6-10(7-9-12)13(16)17-19-14(18)11-4-2-1-3-5-11/h6-9,11H,1-5H2,(H2,16,17)/p+1. The van der Waals surface area contributed by atoms with E-state index in [0.29, 0.717) is 5.84 Å². The number of hydrogen-bond acceptors (Lipinski definition) is 2. The number of hydrogen-bond donors (Lipinski definition) is 2. The molecule has 4 nitrogen and oxygen atoms in total. The van der Waals surface area contributed by atoms with Gasteiger partial charge in [-0.2, -0.15) is 0 Å². The quantitative estimate of drug-likeness (QED) is 0.381. The molecule has 0 bridgehead atoms. The molecule has 1 aliphatic carbocycles. The molecule has 0 radical (unpaired) electrons. The molecule has 1 aliphatic rings. The molecular formula is C14H18BrN2O2+. The highest BCUT2D eigenvalue weighted by atomic mass is 79.9. The summed E-state index contributed by atoms with van der Waals surface area (Å²) in [6.07, 6.45) is 5.25. The van der Waals surface area contributed by atoms with E-state index in [2.05, 4.69) is 21.1 Å². The van der Waals surface area contributed by atoms with Gasteiger partial charge in [0.2, 0.25) is 0 Å². The first-order chi connectivity index (χ1) is 9.16. The van der Waals surface area contributed by atoms with Crippen LogP contribution in [0.1, 0.15) is 37.7 Å². The lowest BCUT2D eigenvalue weighted by Gasteiger charge is -2.17. The lowest BCUT2D eigenvalue weighted by Crippen LogP contribution is -2.76. The van der Waals surface area contributed by atoms with Gasteiger partial charge in [0.05, 0.1) is 11.5 Å². The Labute approximate surface area is 121 Å². The van der Waals surface area contributed by atoms with Crippen molar-refractivity contribution in [2.45, 2.75) is 32.1 Å². The van der Waals surface area contributed by atoms with Gasteiger partial charge in [0.1, 0.15) is 0 Å². The van der Waals surface area contributed by atoms with Crippen molar-refractivity contribution in [2.24, 2.45) is 11.7 Å². The highest BCUT2D eigenvalue weighted by Crippen LogP contribution is 2.23. The summed E-state index contributed by atoms with van der Waals surface area (Å²) in [5.74, 6) is 0.149. The van der Waals surface area contributed by atoms with Crippen molar-refractivity contribution in [1.82, 2.24) is 0 Å². The summed E-state index contributed by atoms with van der Waals surface area (Å²) >= 11 is 3.35. The lowest BCUT2D eigenvalue weighted by molar-refractivity contribution is -0.724. The van der Waals surface area contributed by atoms with E-state index in [9.17, 15) is 4.79 Å². The Morgan fingerprint density at radius 3 is 2.47 bits per heavy atom. The van der Waals surface area contributed by atoms with Gasteiger partial charge in [-0.3, -0.25) is 10.6 Å². The zero-order valence-electron chi connectivity index (χ0n) is 10.7. The minimum Gasteiger partial charge on any atom is -0.284 e. The molecule has 0 aromatic heterocycles. The molecule has 0 spiro atoms. The molecule has 3 N–H and O–H groups in total. The second kappa shape index (κ2) is 6.70. The van der Waals surface area contributed by atoms with Crippen LogP contribution >= 0.6 is 15.9 Å². The van der Waals surface area contributed by atoms with Crippen LogP contribution in [0, 0.1) is 5.92 Å². The zero-order chi connectivity index (χ0) is 13.7. The Kier molecular flexibility index (Phi) is 4.96. The average molecular weight is 326 g/mol. The molecule has 0 saturated heterocycles. The van der Waals surface area contributed by atoms with E-state index in [4.69, 9.17) is 10.6 Å². The van der Waals surface area contributed by atoms with Crippen LogP contribution in [0.4, 0.5) is 0 Å². The van der Waals surface area contributed by atoms with Gasteiger partial charge < -0.3 is 0 Å². The largest absolute Gasteiger partial charge is 0.360 e. The molecule has 0 amide bonds. The van der Waals surface area contributed by atoms with Gasteiger partial charge in [0.25, 0.3) is 0 Å². The maximum absolute atomic E-state index is 11.8. The minimum atomic E-state index is -0.209. The van der Waals surface area contributed by atoms with Crippen LogP contribution in [0.25, 0.3) is 0 Å². The molecule has 0 heterocycles. The summed E-state index contributed by atoms with van der Waals surface area (Å²) < 4.78 is 0.975. The molecule has 0 aliphatic heterocycles. The zero-order valence-corrected chi connectivity index (χ0v) is 12.3. The number of benzene rings is 1. The van der Waals surface area contributed by atoms with Crippen molar-refractivity contribution >= 4 is 27.7 Å². The van der Waals surface area contributed by atoms with E-state index < -0.39 is 0 Å². The Bertz CT molecular complexity index is 465. The monoisotopic (exact) mass is 325 g/mol. The predicted octanol–water partition coefficient (Wildman–Crippen LogP) is 1.27. The number of nitrogens with two attached hydrogens (primary N) is 1. The van der Waals surface area contributed by atoms with Crippen LogP contribution < -0.4 is 10.9 Å². The van der Waals surface area contributed by atoms with E-state index in [1.54, 1.807) is 0 Å². The van der Waals surface area contributed by atoms with Crippen LogP contribution in [-0.2, 0) is 9.63 Å². The molecule has 0 atom stereocenters. The summed E-state index contributed by atoms with van der Waals surface area (Å²) in [7, 11) is 0. The van der Waals surface area contributed by atoms with Gasteiger partial charge in [-0.25, -0.2) is 4.79 Å². The normalized spacial score (nSPS) is 17.2. The van der Waals surface area contributed by atoms with Crippen LogP contribution in [0.5, 0.6) is 0 Å². The smallest absolute Gasteiger partial charge is 0.284 e. The van der Waals surface area contributed by atoms with Crippen molar-refractivity contribution in [3.05, 3.63) is 34.3 Å². The fourth-order valence-electron chi connectivity index (χ4n) is 2.22. The van der Waals surface area contributed by atoms with Crippen LogP contribution in [0.3, 0.4) is 0 Å². The molecule has 0 unspecified atom stereocenters. The molecule has 2 rings (SSSR count). The van der Waals surface area contributed by atoms with Crippen molar-refractivity contribution < 1.29 is 14.8 Å².